The first-order valence-electron chi connectivity index (χ1n) is 3.80. The first kappa shape index (κ1) is 8.59. The standard InChI is InChI=1S/C9H13N3/c1-7-2-3-9(12-6-7)4-8(11)5-10/h2-3,5-6H,4,10-11H2,1H3/b8-5+. The van der Waals surface area contributed by atoms with Crippen molar-refractivity contribution in [3.63, 3.8) is 0 Å². The zero-order valence-electron chi connectivity index (χ0n) is 7.12. The van der Waals surface area contributed by atoms with Gasteiger partial charge in [0.15, 0.2) is 0 Å². The summed E-state index contributed by atoms with van der Waals surface area (Å²) in [6.45, 7) is 2.00. The maximum atomic E-state index is 5.54. The number of hydrogen-bond donors (Lipinski definition) is 2. The zero-order chi connectivity index (χ0) is 8.97. The van der Waals surface area contributed by atoms with Crippen LogP contribution in [0.25, 0.3) is 0 Å². The fourth-order valence-corrected chi connectivity index (χ4v) is 0.871. The maximum Gasteiger partial charge on any atom is 0.0462 e. The Morgan fingerprint density at radius 3 is 2.83 bits per heavy atom. The van der Waals surface area contributed by atoms with Crippen molar-refractivity contribution in [1.82, 2.24) is 4.98 Å². The number of pyridine rings is 1. The summed E-state index contributed by atoms with van der Waals surface area (Å²) < 4.78 is 0. The van der Waals surface area contributed by atoms with E-state index in [2.05, 4.69) is 4.98 Å². The number of nitrogens with two attached hydrogens (primary N) is 2. The lowest BCUT2D eigenvalue weighted by molar-refractivity contribution is 1.01. The molecule has 0 aliphatic rings. The summed E-state index contributed by atoms with van der Waals surface area (Å²) in [5.41, 5.74) is 13.5. The molecule has 0 amide bonds. The summed E-state index contributed by atoms with van der Waals surface area (Å²) in [5.74, 6) is 0. The van der Waals surface area contributed by atoms with E-state index in [1.807, 2.05) is 25.3 Å². The van der Waals surface area contributed by atoms with Gasteiger partial charge in [-0.15, -0.1) is 0 Å². The average Bonchev–Trinajstić information content (AvgIpc) is 2.09. The van der Waals surface area contributed by atoms with E-state index in [0.29, 0.717) is 12.1 Å². The van der Waals surface area contributed by atoms with Gasteiger partial charge >= 0.3 is 0 Å². The molecule has 1 aromatic heterocycles. The monoisotopic (exact) mass is 163 g/mol. The minimum Gasteiger partial charge on any atom is -0.403 e. The van der Waals surface area contributed by atoms with E-state index in [9.17, 15) is 0 Å². The zero-order valence-corrected chi connectivity index (χ0v) is 7.12. The molecule has 3 heteroatoms. The highest BCUT2D eigenvalue weighted by Gasteiger charge is 1.94. The Morgan fingerprint density at radius 2 is 2.33 bits per heavy atom. The molecule has 64 valence electrons. The Bertz CT molecular complexity index is 274. The molecule has 0 fully saturated rings. The third-order valence-electron chi connectivity index (χ3n) is 1.57. The van der Waals surface area contributed by atoms with Crippen LogP contribution in [-0.2, 0) is 6.42 Å². The molecule has 1 rings (SSSR count). The van der Waals surface area contributed by atoms with Gasteiger partial charge in [0.2, 0.25) is 0 Å². The SMILES string of the molecule is Cc1ccc(C/C(N)=C\N)nc1. The summed E-state index contributed by atoms with van der Waals surface area (Å²) in [5, 5.41) is 0. The summed E-state index contributed by atoms with van der Waals surface area (Å²) in [7, 11) is 0. The lowest BCUT2D eigenvalue weighted by Gasteiger charge is -1.99. The summed E-state index contributed by atoms with van der Waals surface area (Å²) in [6.07, 6.45) is 3.84. The third-order valence-corrected chi connectivity index (χ3v) is 1.57. The van der Waals surface area contributed by atoms with Gasteiger partial charge in [-0.2, -0.15) is 0 Å². The highest BCUT2D eigenvalue weighted by molar-refractivity contribution is 5.16. The number of rotatable bonds is 2. The summed E-state index contributed by atoms with van der Waals surface area (Å²) in [4.78, 5) is 4.19. The van der Waals surface area contributed by atoms with Crippen molar-refractivity contribution >= 4 is 0 Å². The lowest BCUT2D eigenvalue weighted by Crippen LogP contribution is -2.05. The van der Waals surface area contributed by atoms with E-state index in [4.69, 9.17) is 11.5 Å². The van der Waals surface area contributed by atoms with Gasteiger partial charge in [-0.1, -0.05) is 6.07 Å². The Hall–Kier alpha value is -1.51. The van der Waals surface area contributed by atoms with E-state index in [0.717, 1.165) is 11.3 Å². The third kappa shape index (κ3) is 2.27. The van der Waals surface area contributed by atoms with E-state index in [1.54, 1.807) is 0 Å². The normalized spacial score (nSPS) is 11.6. The number of hydrogen-bond acceptors (Lipinski definition) is 3. The van der Waals surface area contributed by atoms with E-state index in [1.165, 1.54) is 6.20 Å². The van der Waals surface area contributed by atoms with Gasteiger partial charge in [0.1, 0.15) is 0 Å². The lowest BCUT2D eigenvalue weighted by atomic mass is 10.2. The van der Waals surface area contributed by atoms with Gasteiger partial charge in [-0.05, 0) is 18.6 Å². The number of nitrogens with zero attached hydrogens (tertiary/aromatic N) is 1. The van der Waals surface area contributed by atoms with Crippen LogP contribution in [0.1, 0.15) is 11.3 Å². The second-order valence-electron chi connectivity index (χ2n) is 2.75. The van der Waals surface area contributed by atoms with Crippen molar-refractivity contribution in [2.24, 2.45) is 11.5 Å². The first-order chi connectivity index (χ1) is 5.72. The van der Waals surface area contributed by atoms with Gasteiger partial charge in [-0.3, -0.25) is 4.98 Å². The van der Waals surface area contributed by atoms with Crippen molar-refractivity contribution in [2.75, 3.05) is 0 Å². The number of allylic oxidation sites excluding steroid dienone is 1. The molecule has 0 radical (unpaired) electrons. The topological polar surface area (TPSA) is 64.9 Å². The van der Waals surface area contributed by atoms with Crippen molar-refractivity contribution in [2.45, 2.75) is 13.3 Å². The Morgan fingerprint density at radius 1 is 1.58 bits per heavy atom. The molecule has 1 heterocycles. The van der Waals surface area contributed by atoms with Crippen LogP contribution in [0, 0.1) is 6.92 Å². The molecule has 0 unspecified atom stereocenters. The average molecular weight is 163 g/mol. The van der Waals surface area contributed by atoms with Gasteiger partial charge in [-0.25, -0.2) is 0 Å². The van der Waals surface area contributed by atoms with Crippen LogP contribution < -0.4 is 11.5 Å². The number of aryl methyl sites for hydroxylation is 1. The molecule has 0 bridgehead atoms. The molecular formula is C9H13N3. The van der Waals surface area contributed by atoms with Crippen molar-refractivity contribution in [3.8, 4) is 0 Å². The highest BCUT2D eigenvalue weighted by Crippen LogP contribution is 2.01. The molecular weight excluding hydrogens is 150 g/mol. The predicted molar refractivity (Wildman–Crippen MR) is 49.1 cm³/mol. The number of aromatic nitrogens is 1. The van der Waals surface area contributed by atoms with Gasteiger partial charge in [0.25, 0.3) is 0 Å². The summed E-state index contributed by atoms with van der Waals surface area (Å²) in [6, 6.07) is 3.96. The molecule has 0 aromatic carbocycles. The second kappa shape index (κ2) is 3.76. The van der Waals surface area contributed by atoms with E-state index in [-0.39, 0.29) is 0 Å². The molecule has 0 saturated heterocycles. The first-order valence-corrected chi connectivity index (χ1v) is 3.80. The molecule has 1 aromatic rings. The minimum absolute atomic E-state index is 0.622. The fourth-order valence-electron chi connectivity index (χ4n) is 0.871. The quantitative estimate of drug-likeness (QED) is 0.674. The van der Waals surface area contributed by atoms with Crippen LogP contribution in [0.2, 0.25) is 0 Å². The van der Waals surface area contributed by atoms with E-state index < -0.39 is 0 Å². The van der Waals surface area contributed by atoms with Crippen LogP contribution >= 0.6 is 0 Å². The van der Waals surface area contributed by atoms with Crippen LogP contribution in [-0.4, -0.2) is 4.98 Å². The maximum absolute atomic E-state index is 5.54. The Labute approximate surface area is 72.1 Å². The van der Waals surface area contributed by atoms with Crippen molar-refractivity contribution in [3.05, 3.63) is 41.5 Å². The molecule has 0 aliphatic heterocycles. The smallest absolute Gasteiger partial charge is 0.0462 e. The molecule has 0 atom stereocenters. The van der Waals surface area contributed by atoms with Crippen LogP contribution in [0.4, 0.5) is 0 Å². The van der Waals surface area contributed by atoms with Crippen LogP contribution in [0.15, 0.2) is 30.2 Å². The molecule has 12 heavy (non-hydrogen) atoms. The fraction of sp³-hybridized carbons (Fsp3) is 0.222. The van der Waals surface area contributed by atoms with Gasteiger partial charge in [0, 0.05) is 30.2 Å². The molecule has 3 nitrogen and oxygen atoms in total. The van der Waals surface area contributed by atoms with Crippen molar-refractivity contribution < 1.29 is 0 Å². The molecule has 0 aliphatic carbocycles. The Kier molecular flexibility index (Phi) is 2.69. The largest absolute Gasteiger partial charge is 0.403 e. The van der Waals surface area contributed by atoms with Gasteiger partial charge in [0.05, 0.1) is 0 Å². The van der Waals surface area contributed by atoms with Crippen molar-refractivity contribution in [1.29, 1.82) is 0 Å². The van der Waals surface area contributed by atoms with E-state index >= 15 is 0 Å². The van der Waals surface area contributed by atoms with Crippen LogP contribution in [0.3, 0.4) is 0 Å². The molecule has 4 N–H and O–H groups in total. The van der Waals surface area contributed by atoms with Crippen LogP contribution in [0.5, 0.6) is 0 Å². The Balaban J connectivity index is 2.71. The van der Waals surface area contributed by atoms with Gasteiger partial charge < -0.3 is 11.5 Å². The predicted octanol–water partition coefficient (Wildman–Crippen LogP) is 0.691. The highest BCUT2D eigenvalue weighted by atomic mass is 14.7. The molecule has 0 saturated carbocycles. The molecule has 0 spiro atoms. The summed E-state index contributed by atoms with van der Waals surface area (Å²) >= 11 is 0. The second-order valence-corrected chi connectivity index (χ2v) is 2.75. The minimum atomic E-state index is 0.622.